The fourth-order valence-corrected chi connectivity index (χ4v) is 5.81. The molecule has 3 N–H and O–H groups in total. The van der Waals surface area contributed by atoms with Gasteiger partial charge in [-0.2, -0.15) is 13.2 Å². The number of alkyl halides is 3. The summed E-state index contributed by atoms with van der Waals surface area (Å²) >= 11 is 0. The number of nitrogens with one attached hydrogen (secondary N) is 2. The molecule has 1 unspecified atom stereocenters. The van der Waals surface area contributed by atoms with Gasteiger partial charge in [0.05, 0.1) is 30.7 Å². The Hall–Kier alpha value is -5.06. The van der Waals surface area contributed by atoms with Crippen molar-refractivity contribution in [2.24, 2.45) is 0 Å². The van der Waals surface area contributed by atoms with Gasteiger partial charge in [0.15, 0.2) is 5.82 Å². The van der Waals surface area contributed by atoms with Gasteiger partial charge in [-0.15, -0.1) is 0 Å². The number of fused-ring (bicyclic) bond motifs is 1. The first-order valence-corrected chi connectivity index (χ1v) is 16.2. The van der Waals surface area contributed by atoms with E-state index in [1.165, 1.54) is 4.57 Å². The molecule has 1 saturated carbocycles. The Kier molecular flexibility index (Phi) is 10.6. The van der Waals surface area contributed by atoms with Crippen molar-refractivity contribution in [3.63, 3.8) is 0 Å². The van der Waals surface area contributed by atoms with Crippen LogP contribution in [0.3, 0.4) is 0 Å². The van der Waals surface area contributed by atoms with Crippen molar-refractivity contribution in [3.8, 4) is 22.8 Å². The van der Waals surface area contributed by atoms with Gasteiger partial charge < -0.3 is 25.2 Å². The zero-order valence-corrected chi connectivity index (χ0v) is 26.9. The van der Waals surface area contributed by atoms with Gasteiger partial charge in [0.1, 0.15) is 11.4 Å². The first kappa shape index (κ1) is 34.8. The van der Waals surface area contributed by atoms with Crippen molar-refractivity contribution in [2.75, 3.05) is 32.8 Å². The van der Waals surface area contributed by atoms with E-state index in [4.69, 9.17) is 19.4 Å². The van der Waals surface area contributed by atoms with Crippen LogP contribution in [0.1, 0.15) is 34.6 Å². The number of nitrogens with zero attached hydrogens (tertiary/aromatic N) is 5. The van der Waals surface area contributed by atoms with Gasteiger partial charge in [-0.25, -0.2) is 19.6 Å². The number of carbonyl (C=O) groups is 2. The highest BCUT2D eigenvalue weighted by Crippen LogP contribution is 2.28. The third-order valence-electron chi connectivity index (χ3n) is 8.43. The summed E-state index contributed by atoms with van der Waals surface area (Å²) < 4.78 is 46.5. The molecule has 1 amide bonds. The zero-order chi connectivity index (χ0) is 35.3. The second kappa shape index (κ2) is 15.2. The van der Waals surface area contributed by atoms with E-state index in [1.807, 2.05) is 48.5 Å². The van der Waals surface area contributed by atoms with E-state index in [0.717, 1.165) is 62.6 Å². The Balaban J connectivity index is 0.000000561. The molecule has 3 aliphatic rings. The number of carboxylic acid groups (broad SMARTS) is 1. The number of imidazole rings is 1. The number of halogens is 3. The van der Waals surface area contributed by atoms with Gasteiger partial charge in [0.25, 0.3) is 5.91 Å². The quantitative estimate of drug-likeness (QED) is 0.238. The third-order valence-corrected chi connectivity index (χ3v) is 8.43. The van der Waals surface area contributed by atoms with Gasteiger partial charge >= 0.3 is 17.8 Å². The van der Waals surface area contributed by atoms with Crippen molar-refractivity contribution in [2.45, 2.75) is 50.8 Å². The van der Waals surface area contributed by atoms with Gasteiger partial charge in [-0.05, 0) is 48.7 Å². The van der Waals surface area contributed by atoms with E-state index in [0.29, 0.717) is 36.0 Å². The van der Waals surface area contributed by atoms with Crippen LogP contribution in [0, 0.1) is 0 Å². The normalized spacial score (nSPS) is 17.6. The van der Waals surface area contributed by atoms with Crippen LogP contribution >= 0.6 is 0 Å². The Morgan fingerprint density at radius 2 is 1.70 bits per heavy atom. The van der Waals surface area contributed by atoms with Crippen LogP contribution < -0.4 is 21.1 Å². The van der Waals surface area contributed by atoms with Gasteiger partial charge in [0, 0.05) is 63.3 Å². The molecule has 4 heterocycles. The van der Waals surface area contributed by atoms with E-state index >= 15 is 0 Å². The summed E-state index contributed by atoms with van der Waals surface area (Å²) in [5.74, 6) is -1.72. The molecule has 1 saturated heterocycles. The van der Waals surface area contributed by atoms with Crippen LogP contribution in [0.25, 0.3) is 17.1 Å². The van der Waals surface area contributed by atoms with Crippen LogP contribution in [0.15, 0.2) is 71.8 Å². The number of aromatic nitrogens is 4. The maximum atomic E-state index is 14.0. The average molecular weight is 696 g/mol. The van der Waals surface area contributed by atoms with Crippen molar-refractivity contribution in [3.05, 3.63) is 94.4 Å². The minimum Gasteiger partial charge on any atom is -0.490 e. The molecule has 50 heavy (non-hydrogen) atoms. The second-order valence-corrected chi connectivity index (χ2v) is 12.0. The average Bonchev–Trinajstić information content (AvgIpc) is 3.89. The molecule has 0 bridgehead atoms. The Morgan fingerprint density at radius 3 is 2.36 bits per heavy atom. The molecule has 7 rings (SSSR count). The number of benzene rings is 2. The Bertz CT molecular complexity index is 1850. The van der Waals surface area contributed by atoms with Crippen molar-refractivity contribution in [1.29, 1.82) is 0 Å². The van der Waals surface area contributed by atoms with Crippen molar-refractivity contribution in [1.82, 2.24) is 34.6 Å². The number of aliphatic carboxylic acids is 1. The highest BCUT2D eigenvalue weighted by Gasteiger charge is 2.38. The number of carboxylic acids is 1. The number of carbonyl (C=O) groups excluding carboxylic acids is 1. The van der Waals surface area contributed by atoms with Crippen molar-refractivity contribution >= 4 is 11.9 Å². The highest BCUT2D eigenvalue weighted by molar-refractivity contribution is 5.94. The molecular formula is C34H36F3N7O6. The molecule has 264 valence electrons. The van der Waals surface area contributed by atoms with Crippen LogP contribution in [0.2, 0.25) is 0 Å². The molecule has 16 heteroatoms. The SMILES string of the molecule is O=C(NCc1ccccc1-c1ncccn1)c1c2n(c(=O)n1-c1ccc(OC3CC3)cc1)CC(CN1CCOCC1)NC2.O=C(O)C(F)(F)F. The van der Waals surface area contributed by atoms with Crippen LogP contribution in [-0.2, 0) is 29.2 Å². The maximum absolute atomic E-state index is 14.0. The Morgan fingerprint density at radius 1 is 1.02 bits per heavy atom. The lowest BCUT2D eigenvalue weighted by Gasteiger charge is -2.33. The van der Waals surface area contributed by atoms with Gasteiger partial charge in [-0.1, -0.05) is 24.3 Å². The lowest BCUT2D eigenvalue weighted by Crippen LogP contribution is -2.50. The standard InChI is InChI=1S/C32H35N7O4.C2HF3O2/c40-31(36-18-22-4-1-2-5-27(22)30-33-12-3-13-34-30)29-28-19-35-23(20-37-14-16-42-17-15-37)21-38(28)32(41)39(29)24-6-8-25(9-7-24)43-26-10-11-26;3-2(4,5)1(6)7/h1-9,12-13,23,26,35H,10-11,14-21H2,(H,36,40);(H,6,7). The minimum absolute atomic E-state index is 0.0853. The molecule has 2 fully saturated rings. The molecule has 2 aromatic carbocycles. The summed E-state index contributed by atoms with van der Waals surface area (Å²) in [4.78, 5) is 48.0. The third kappa shape index (κ3) is 8.38. The minimum atomic E-state index is -5.08. The molecule has 2 aromatic heterocycles. The fraction of sp³-hybridized carbons (Fsp3) is 0.382. The molecule has 4 aromatic rings. The van der Waals surface area contributed by atoms with E-state index in [-0.39, 0.29) is 30.3 Å². The topological polar surface area (TPSA) is 153 Å². The monoisotopic (exact) mass is 695 g/mol. The molecule has 0 spiro atoms. The Labute approximate surface area is 284 Å². The van der Waals surface area contributed by atoms with Gasteiger partial charge in [-0.3, -0.25) is 18.8 Å². The predicted octanol–water partition coefficient (Wildman–Crippen LogP) is 3.00. The van der Waals surface area contributed by atoms with E-state index < -0.39 is 12.1 Å². The number of hydrogen-bond donors (Lipinski definition) is 3. The predicted molar refractivity (Wildman–Crippen MR) is 174 cm³/mol. The van der Waals surface area contributed by atoms with E-state index in [9.17, 15) is 22.8 Å². The second-order valence-electron chi connectivity index (χ2n) is 12.0. The summed E-state index contributed by atoms with van der Waals surface area (Å²) in [6.07, 6.45) is 0.718. The summed E-state index contributed by atoms with van der Waals surface area (Å²) in [6, 6.07) is 17.0. The summed E-state index contributed by atoms with van der Waals surface area (Å²) in [7, 11) is 0. The number of rotatable bonds is 9. The highest BCUT2D eigenvalue weighted by atomic mass is 19.4. The molecular weight excluding hydrogens is 659 g/mol. The summed E-state index contributed by atoms with van der Waals surface area (Å²) in [5.41, 5.74) is 3.16. The molecule has 1 atom stereocenters. The van der Waals surface area contributed by atoms with Crippen LogP contribution in [0.5, 0.6) is 5.75 Å². The zero-order valence-electron chi connectivity index (χ0n) is 26.9. The smallest absolute Gasteiger partial charge is 0.490 e. The lowest BCUT2D eigenvalue weighted by molar-refractivity contribution is -0.192. The molecule has 2 aliphatic heterocycles. The van der Waals surface area contributed by atoms with Crippen molar-refractivity contribution < 1.29 is 37.3 Å². The summed E-state index contributed by atoms with van der Waals surface area (Å²) in [6.45, 7) is 5.16. The van der Waals surface area contributed by atoms with Crippen LogP contribution in [0.4, 0.5) is 13.2 Å². The number of hydrogen-bond acceptors (Lipinski definition) is 9. The largest absolute Gasteiger partial charge is 0.490 e. The molecule has 13 nitrogen and oxygen atoms in total. The number of morpholine rings is 1. The van der Waals surface area contributed by atoms with Crippen LogP contribution in [-0.4, -0.2) is 92.2 Å². The molecule has 1 aliphatic carbocycles. The van der Waals surface area contributed by atoms with E-state index in [2.05, 4.69) is 25.5 Å². The lowest BCUT2D eigenvalue weighted by atomic mass is 10.1. The molecule has 0 radical (unpaired) electrons. The summed E-state index contributed by atoms with van der Waals surface area (Å²) in [5, 5.41) is 13.8. The number of amides is 1. The fourth-order valence-electron chi connectivity index (χ4n) is 5.81. The van der Waals surface area contributed by atoms with E-state index in [1.54, 1.807) is 23.0 Å². The maximum Gasteiger partial charge on any atom is 0.490 e. The van der Waals surface area contributed by atoms with Gasteiger partial charge in [0.2, 0.25) is 0 Å². The first-order valence-electron chi connectivity index (χ1n) is 16.2. The first-order chi connectivity index (χ1) is 24.1. The number of ether oxygens (including phenoxy) is 2.